The van der Waals surface area contributed by atoms with Gasteiger partial charge in [-0.15, -0.1) is 0 Å². The van der Waals surface area contributed by atoms with Crippen molar-refractivity contribution in [2.45, 2.75) is 36.0 Å². The number of carbonyl (C=O) groups is 1. The molecule has 5 rings (SSSR count). The van der Waals surface area contributed by atoms with Gasteiger partial charge in [0.15, 0.2) is 15.6 Å². The Labute approximate surface area is 217 Å². The van der Waals surface area contributed by atoms with Crippen LogP contribution in [0.2, 0.25) is 0 Å². The number of ether oxygens (including phenoxy) is 3. The van der Waals surface area contributed by atoms with Crippen LogP contribution in [0.25, 0.3) is 0 Å². The van der Waals surface area contributed by atoms with Gasteiger partial charge in [-0.05, 0) is 54.8 Å². The Bertz CT molecular complexity index is 1360. The fraction of sp³-hybridized carbons (Fsp3) is 0.345. The highest BCUT2D eigenvalue weighted by Gasteiger charge is 2.41. The third kappa shape index (κ3) is 5.71. The van der Waals surface area contributed by atoms with Gasteiger partial charge in [-0.3, -0.25) is 9.69 Å². The minimum Gasteiger partial charge on any atom is -0.497 e. The third-order valence-electron chi connectivity index (χ3n) is 7.00. The molecule has 0 N–H and O–H groups in total. The Hall–Kier alpha value is -3.20. The Morgan fingerprint density at radius 3 is 2.27 bits per heavy atom. The van der Waals surface area contributed by atoms with Crippen molar-refractivity contribution in [1.29, 1.82) is 0 Å². The van der Waals surface area contributed by atoms with E-state index in [9.17, 15) is 13.2 Å². The molecule has 7 nitrogen and oxygen atoms in total. The first kappa shape index (κ1) is 25.4. The van der Waals surface area contributed by atoms with E-state index in [4.69, 9.17) is 14.2 Å². The van der Waals surface area contributed by atoms with Crippen molar-refractivity contribution in [3.63, 3.8) is 0 Å². The number of hydrogen-bond donors (Lipinski definition) is 0. The number of epoxide rings is 1. The molecular weight excluding hydrogens is 490 g/mol. The van der Waals surface area contributed by atoms with Crippen LogP contribution in [0.4, 0.5) is 0 Å². The summed E-state index contributed by atoms with van der Waals surface area (Å²) in [5, 5.41) is 0. The highest BCUT2D eigenvalue weighted by atomic mass is 32.2. The van der Waals surface area contributed by atoms with Crippen molar-refractivity contribution in [2.75, 3.05) is 33.1 Å². The molecule has 2 aliphatic rings. The number of piperidine rings is 1. The number of rotatable bonds is 9. The standard InChI is InChI=1S/C29H31NO6S/c1-34-21-13-11-20(12-14-21)29(31)24-8-4-3-7-23(24)28(26-19-35-26)30-17-15-22(16-18-30)36-25-9-5-6-10-27(25)37(2,32)33/h3-14,22,26,28H,15-19H2,1-2H3. The average Bonchev–Trinajstić information content (AvgIpc) is 3.75. The molecule has 3 aromatic rings. The Balaban J connectivity index is 1.33. The molecule has 37 heavy (non-hydrogen) atoms. The van der Waals surface area contributed by atoms with Crippen LogP contribution in [0, 0.1) is 0 Å². The summed E-state index contributed by atoms with van der Waals surface area (Å²) in [6.45, 7) is 2.16. The van der Waals surface area contributed by atoms with Gasteiger partial charge in [0, 0.05) is 30.5 Å². The van der Waals surface area contributed by atoms with Gasteiger partial charge in [0.1, 0.15) is 28.6 Å². The Morgan fingerprint density at radius 1 is 0.973 bits per heavy atom. The summed E-state index contributed by atoms with van der Waals surface area (Å²) in [5.74, 6) is 1.08. The number of para-hydroxylation sites is 1. The molecule has 2 fully saturated rings. The highest BCUT2D eigenvalue weighted by Crippen LogP contribution is 2.38. The van der Waals surface area contributed by atoms with E-state index < -0.39 is 9.84 Å². The second-order valence-electron chi connectivity index (χ2n) is 9.53. The summed E-state index contributed by atoms with van der Waals surface area (Å²) < 4.78 is 41.5. The lowest BCUT2D eigenvalue weighted by Gasteiger charge is -2.38. The number of sulfone groups is 1. The van der Waals surface area contributed by atoms with Crippen LogP contribution in [0.15, 0.2) is 77.7 Å². The lowest BCUT2D eigenvalue weighted by molar-refractivity contribution is 0.0631. The van der Waals surface area contributed by atoms with Crippen LogP contribution in [-0.2, 0) is 14.6 Å². The van der Waals surface area contributed by atoms with E-state index in [1.807, 2.05) is 24.3 Å². The number of carbonyl (C=O) groups excluding carboxylic acids is 1. The van der Waals surface area contributed by atoms with Crippen molar-refractivity contribution in [3.8, 4) is 11.5 Å². The highest BCUT2D eigenvalue weighted by molar-refractivity contribution is 7.90. The van der Waals surface area contributed by atoms with Gasteiger partial charge in [-0.2, -0.15) is 0 Å². The minimum atomic E-state index is -3.38. The fourth-order valence-electron chi connectivity index (χ4n) is 5.03. The van der Waals surface area contributed by atoms with E-state index in [0.717, 1.165) is 31.5 Å². The van der Waals surface area contributed by atoms with Gasteiger partial charge < -0.3 is 14.2 Å². The average molecular weight is 522 g/mol. The lowest BCUT2D eigenvalue weighted by atomic mass is 9.90. The van der Waals surface area contributed by atoms with E-state index >= 15 is 0 Å². The van der Waals surface area contributed by atoms with Gasteiger partial charge in [0.2, 0.25) is 0 Å². The second kappa shape index (κ2) is 10.7. The summed E-state index contributed by atoms with van der Waals surface area (Å²) in [5.41, 5.74) is 2.25. The topological polar surface area (TPSA) is 85.4 Å². The molecular formula is C29H31NO6S. The van der Waals surface area contributed by atoms with E-state index in [1.54, 1.807) is 55.6 Å². The van der Waals surface area contributed by atoms with Crippen LogP contribution >= 0.6 is 0 Å². The van der Waals surface area contributed by atoms with E-state index in [-0.39, 0.29) is 28.9 Å². The van der Waals surface area contributed by atoms with Crippen molar-refractivity contribution < 1.29 is 27.4 Å². The number of nitrogens with zero attached hydrogens (tertiary/aromatic N) is 1. The SMILES string of the molecule is COc1ccc(C(=O)c2ccccc2C(C2CO2)N2CCC(Oc3ccccc3S(C)(=O)=O)CC2)cc1. The molecule has 0 amide bonds. The Kier molecular flexibility index (Phi) is 7.33. The summed E-state index contributed by atoms with van der Waals surface area (Å²) in [6.07, 6.45) is 2.64. The number of likely N-dealkylation sites (tertiary alicyclic amines) is 1. The maximum atomic E-state index is 13.5. The van der Waals surface area contributed by atoms with Crippen molar-refractivity contribution in [1.82, 2.24) is 4.90 Å². The summed E-state index contributed by atoms with van der Waals surface area (Å²) in [6, 6.07) is 21.7. The Morgan fingerprint density at radius 2 is 1.62 bits per heavy atom. The van der Waals surface area contributed by atoms with Crippen LogP contribution < -0.4 is 9.47 Å². The maximum Gasteiger partial charge on any atom is 0.193 e. The van der Waals surface area contributed by atoms with Gasteiger partial charge in [0.25, 0.3) is 0 Å². The molecule has 0 bridgehead atoms. The molecule has 0 spiro atoms. The number of ketones is 1. The quantitative estimate of drug-likeness (QED) is 0.306. The zero-order valence-electron chi connectivity index (χ0n) is 21.0. The summed E-state index contributed by atoms with van der Waals surface area (Å²) in [4.78, 5) is 16.1. The largest absolute Gasteiger partial charge is 0.497 e. The molecule has 2 saturated heterocycles. The predicted molar refractivity (Wildman–Crippen MR) is 140 cm³/mol. The maximum absolute atomic E-state index is 13.5. The van der Waals surface area contributed by atoms with Crippen molar-refractivity contribution in [3.05, 3.63) is 89.5 Å². The zero-order valence-corrected chi connectivity index (χ0v) is 21.8. The first-order valence-corrected chi connectivity index (χ1v) is 14.3. The van der Waals surface area contributed by atoms with Crippen LogP contribution in [-0.4, -0.2) is 64.4 Å². The molecule has 0 aliphatic carbocycles. The predicted octanol–water partition coefficient (Wildman–Crippen LogP) is 4.31. The molecule has 8 heteroatoms. The van der Waals surface area contributed by atoms with Gasteiger partial charge in [0.05, 0.1) is 19.8 Å². The van der Waals surface area contributed by atoms with Crippen LogP contribution in [0.1, 0.15) is 40.4 Å². The molecule has 0 radical (unpaired) electrons. The number of hydrogen-bond acceptors (Lipinski definition) is 7. The van der Waals surface area contributed by atoms with E-state index in [2.05, 4.69) is 4.90 Å². The van der Waals surface area contributed by atoms with Crippen LogP contribution in [0.3, 0.4) is 0 Å². The molecule has 2 unspecified atom stereocenters. The van der Waals surface area contributed by atoms with Crippen molar-refractivity contribution in [2.24, 2.45) is 0 Å². The van der Waals surface area contributed by atoms with Gasteiger partial charge in [-0.1, -0.05) is 36.4 Å². The second-order valence-corrected chi connectivity index (χ2v) is 11.5. The monoisotopic (exact) mass is 521 g/mol. The van der Waals surface area contributed by atoms with Gasteiger partial charge >= 0.3 is 0 Å². The molecule has 2 atom stereocenters. The van der Waals surface area contributed by atoms with Gasteiger partial charge in [-0.25, -0.2) is 8.42 Å². The summed E-state index contributed by atoms with van der Waals surface area (Å²) in [7, 11) is -1.78. The molecule has 0 saturated carbocycles. The fourth-order valence-corrected chi connectivity index (χ4v) is 5.84. The molecule has 2 aliphatic heterocycles. The number of benzene rings is 3. The third-order valence-corrected chi connectivity index (χ3v) is 8.14. The lowest BCUT2D eigenvalue weighted by Crippen LogP contribution is -2.42. The molecule has 0 aromatic heterocycles. The van der Waals surface area contributed by atoms with E-state index in [1.165, 1.54) is 6.26 Å². The molecule has 194 valence electrons. The first-order chi connectivity index (χ1) is 17.8. The normalized spacial score (nSPS) is 19.2. The first-order valence-electron chi connectivity index (χ1n) is 12.4. The number of methoxy groups -OCH3 is 1. The van der Waals surface area contributed by atoms with E-state index in [0.29, 0.717) is 29.2 Å². The molecule has 2 heterocycles. The van der Waals surface area contributed by atoms with Crippen molar-refractivity contribution >= 4 is 15.6 Å². The summed E-state index contributed by atoms with van der Waals surface area (Å²) >= 11 is 0. The minimum absolute atomic E-state index is 0.0282. The van der Waals surface area contributed by atoms with Crippen LogP contribution in [0.5, 0.6) is 11.5 Å². The molecule has 3 aromatic carbocycles. The zero-order chi connectivity index (χ0) is 26.0. The smallest absolute Gasteiger partial charge is 0.193 e.